The SMILES string of the molecule is COc1cc(CNCCn2ccnn2)cc(OC)c1. The number of nitrogens with zero attached hydrogens (tertiary/aromatic N) is 3. The van der Waals surface area contributed by atoms with Crippen LogP contribution >= 0.6 is 0 Å². The quantitative estimate of drug-likeness (QED) is 0.757. The lowest BCUT2D eigenvalue weighted by Gasteiger charge is -2.09. The summed E-state index contributed by atoms with van der Waals surface area (Å²) in [6, 6.07) is 5.84. The molecule has 0 unspecified atom stereocenters. The molecule has 102 valence electrons. The molecule has 0 aliphatic rings. The van der Waals surface area contributed by atoms with Gasteiger partial charge in [-0.2, -0.15) is 0 Å². The van der Waals surface area contributed by atoms with Crippen molar-refractivity contribution >= 4 is 0 Å². The van der Waals surface area contributed by atoms with Gasteiger partial charge in [0, 0.05) is 25.4 Å². The van der Waals surface area contributed by atoms with Crippen LogP contribution in [-0.2, 0) is 13.1 Å². The predicted molar refractivity (Wildman–Crippen MR) is 71.3 cm³/mol. The lowest BCUT2D eigenvalue weighted by atomic mass is 10.2. The van der Waals surface area contributed by atoms with Crippen molar-refractivity contribution < 1.29 is 9.47 Å². The van der Waals surface area contributed by atoms with Crippen LogP contribution in [0.1, 0.15) is 5.56 Å². The van der Waals surface area contributed by atoms with Crippen molar-refractivity contribution in [2.45, 2.75) is 13.1 Å². The molecule has 0 fully saturated rings. The summed E-state index contributed by atoms with van der Waals surface area (Å²) in [5.74, 6) is 1.60. The highest BCUT2D eigenvalue weighted by atomic mass is 16.5. The molecule has 0 aliphatic carbocycles. The molecular formula is C13H18N4O2. The van der Waals surface area contributed by atoms with Gasteiger partial charge in [-0.15, -0.1) is 5.10 Å². The normalized spacial score (nSPS) is 10.4. The Balaban J connectivity index is 1.84. The van der Waals surface area contributed by atoms with Gasteiger partial charge in [-0.05, 0) is 17.7 Å². The first-order valence-corrected chi connectivity index (χ1v) is 6.08. The largest absolute Gasteiger partial charge is 0.497 e. The average Bonchev–Trinajstić information content (AvgIpc) is 2.96. The molecule has 0 radical (unpaired) electrons. The highest BCUT2D eigenvalue weighted by molar-refractivity contribution is 5.38. The van der Waals surface area contributed by atoms with Crippen LogP contribution in [0.15, 0.2) is 30.6 Å². The molecule has 0 spiro atoms. The fourth-order valence-electron chi connectivity index (χ4n) is 1.75. The fourth-order valence-corrected chi connectivity index (χ4v) is 1.75. The molecule has 1 N–H and O–H groups in total. The maximum atomic E-state index is 5.23. The molecule has 0 atom stereocenters. The molecule has 0 saturated heterocycles. The Kier molecular flexibility index (Phi) is 4.74. The Morgan fingerprint density at radius 2 is 1.89 bits per heavy atom. The molecule has 0 bridgehead atoms. The molecule has 19 heavy (non-hydrogen) atoms. The van der Waals surface area contributed by atoms with Gasteiger partial charge in [0.15, 0.2) is 0 Å². The number of methoxy groups -OCH3 is 2. The first kappa shape index (κ1) is 13.4. The Labute approximate surface area is 112 Å². The van der Waals surface area contributed by atoms with E-state index < -0.39 is 0 Å². The number of aromatic nitrogens is 3. The van der Waals surface area contributed by atoms with Gasteiger partial charge >= 0.3 is 0 Å². The van der Waals surface area contributed by atoms with Crippen molar-refractivity contribution in [2.24, 2.45) is 0 Å². The van der Waals surface area contributed by atoms with Crippen molar-refractivity contribution in [2.75, 3.05) is 20.8 Å². The highest BCUT2D eigenvalue weighted by Gasteiger charge is 2.01. The second kappa shape index (κ2) is 6.75. The van der Waals surface area contributed by atoms with Crippen LogP contribution in [0.3, 0.4) is 0 Å². The lowest BCUT2D eigenvalue weighted by Crippen LogP contribution is -2.19. The predicted octanol–water partition coefficient (Wildman–Crippen LogP) is 1.09. The Bertz CT molecular complexity index is 477. The van der Waals surface area contributed by atoms with E-state index in [0.29, 0.717) is 0 Å². The van der Waals surface area contributed by atoms with Crippen molar-refractivity contribution in [1.29, 1.82) is 0 Å². The minimum Gasteiger partial charge on any atom is -0.497 e. The smallest absolute Gasteiger partial charge is 0.122 e. The van der Waals surface area contributed by atoms with Crippen LogP contribution in [0.2, 0.25) is 0 Å². The maximum absolute atomic E-state index is 5.23. The van der Waals surface area contributed by atoms with E-state index in [1.54, 1.807) is 25.1 Å². The number of hydrogen-bond acceptors (Lipinski definition) is 5. The van der Waals surface area contributed by atoms with E-state index in [1.807, 2.05) is 24.4 Å². The van der Waals surface area contributed by atoms with Gasteiger partial charge in [0.1, 0.15) is 11.5 Å². The van der Waals surface area contributed by atoms with E-state index in [2.05, 4.69) is 15.6 Å². The number of benzene rings is 1. The zero-order valence-corrected chi connectivity index (χ0v) is 11.2. The zero-order chi connectivity index (χ0) is 13.5. The second-order valence-corrected chi connectivity index (χ2v) is 4.06. The summed E-state index contributed by atoms with van der Waals surface area (Å²) in [5.41, 5.74) is 1.12. The van der Waals surface area contributed by atoms with Crippen LogP contribution in [0.25, 0.3) is 0 Å². The zero-order valence-electron chi connectivity index (χ0n) is 11.2. The van der Waals surface area contributed by atoms with Crippen LogP contribution in [0, 0.1) is 0 Å². The third-order valence-corrected chi connectivity index (χ3v) is 2.73. The highest BCUT2D eigenvalue weighted by Crippen LogP contribution is 2.22. The summed E-state index contributed by atoms with van der Waals surface area (Å²) in [7, 11) is 3.30. The summed E-state index contributed by atoms with van der Waals surface area (Å²) in [4.78, 5) is 0. The first-order valence-electron chi connectivity index (χ1n) is 6.08. The van der Waals surface area contributed by atoms with Gasteiger partial charge in [0.25, 0.3) is 0 Å². The molecule has 6 nitrogen and oxygen atoms in total. The van der Waals surface area contributed by atoms with Crippen LogP contribution in [0.5, 0.6) is 11.5 Å². The third kappa shape index (κ3) is 3.96. The summed E-state index contributed by atoms with van der Waals surface area (Å²) in [5, 5.41) is 11.0. The summed E-state index contributed by atoms with van der Waals surface area (Å²) in [6.07, 6.45) is 3.52. The minimum atomic E-state index is 0.752. The molecule has 1 aromatic heterocycles. The molecular weight excluding hydrogens is 244 g/mol. The molecule has 0 aliphatic heterocycles. The molecule has 2 rings (SSSR count). The topological polar surface area (TPSA) is 61.2 Å². The van der Waals surface area contributed by atoms with Gasteiger partial charge < -0.3 is 14.8 Å². The van der Waals surface area contributed by atoms with E-state index in [0.717, 1.165) is 36.7 Å². The van der Waals surface area contributed by atoms with Gasteiger partial charge in [0.05, 0.1) is 27.0 Å². The van der Waals surface area contributed by atoms with E-state index in [9.17, 15) is 0 Å². The third-order valence-electron chi connectivity index (χ3n) is 2.73. The van der Waals surface area contributed by atoms with Gasteiger partial charge in [-0.3, -0.25) is 4.68 Å². The van der Waals surface area contributed by atoms with E-state index in [-0.39, 0.29) is 0 Å². The number of rotatable bonds is 7. The number of hydrogen-bond donors (Lipinski definition) is 1. The van der Waals surface area contributed by atoms with Gasteiger partial charge in [-0.1, -0.05) is 5.21 Å². The van der Waals surface area contributed by atoms with Crippen molar-refractivity contribution in [3.05, 3.63) is 36.2 Å². The number of ether oxygens (including phenoxy) is 2. The average molecular weight is 262 g/mol. The van der Waals surface area contributed by atoms with E-state index in [1.165, 1.54) is 0 Å². The molecule has 1 aromatic carbocycles. The van der Waals surface area contributed by atoms with Crippen molar-refractivity contribution in [3.8, 4) is 11.5 Å². The second-order valence-electron chi connectivity index (χ2n) is 4.06. The minimum absolute atomic E-state index is 0.752. The standard InChI is InChI=1S/C13H18N4O2/c1-18-12-7-11(8-13(9-12)19-2)10-14-3-5-17-6-4-15-16-17/h4,6-9,14H,3,5,10H2,1-2H3. The van der Waals surface area contributed by atoms with Gasteiger partial charge in [-0.25, -0.2) is 0 Å². The molecule has 1 heterocycles. The monoisotopic (exact) mass is 262 g/mol. The molecule has 6 heteroatoms. The molecule has 2 aromatic rings. The summed E-state index contributed by atoms with van der Waals surface area (Å²) < 4.78 is 12.3. The fraction of sp³-hybridized carbons (Fsp3) is 0.385. The van der Waals surface area contributed by atoms with E-state index in [4.69, 9.17) is 9.47 Å². The van der Waals surface area contributed by atoms with Crippen molar-refractivity contribution in [3.63, 3.8) is 0 Å². The maximum Gasteiger partial charge on any atom is 0.122 e. The van der Waals surface area contributed by atoms with Gasteiger partial charge in [0.2, 0.25) is 0 Å². The van der Waals surface area contributed by atoms with Crippen LogP contribution in [-0.4, -0.2) is 35.8 Å². The Morgan fingerprint density at radius 1 is 1.16 bits per heavy atom. The van der Waals surface area contributed by atoms with Crippen LogP contribution < -0.4 is 14.8 Å². The van der Waals surface area contributed by atoms with Crippen molar-refractivity contribution in [1.82, 2.24) is 20.3 Å². The lowest BCUT2D eigenvalue weighted by molar-refractivity contribution is 0.393. The molecule has 0 saturated carbocycles. The Morgan fingerprint density at radius 3 is 2.47 bits per heavy atom. The number of nitrogens with one attached hydrogen (secondary N) is 1. The summed E-state index contributed by atoms with van der Waals surface area (Å²) >= 11 is 0. The first-order chi connectivity index (χ1) is 9.31. The summed E-state index contributed by atoms with van der Waals surface area (Å²) in [6.45, 7) is 2.37. The van der Waals surface area contributed by atoms with E-state index >= 15 is 0 Å². The molecule has 0 amide bonds. The van der Waals surface area contributed by atoms with Crippen LogP contribution in [0.4, 0.5) is 0 Å². The Hall–Kier alpha value is -2.08.